The third-order valence-corrected chi connectivity index (χ3v) is 6.72. The van der Waals surface area contributed by atoms with Crippen molar-refractivity contribution in [2.24, 2.45) is 0 Å². The normalized spacial score (nSPS) is 23.3. The molecular formula is C24H23NO4. The molecule has 0 amide bonds. The molecule has 29 heavy (non-hydrogen) atoms. The second-order valence-corrected chi connectivity index (χ2v) is 8.37. The van der Waals surface area contributed by atoms with Crippen LogP contribution in [0.1, 0.15) is 66.4 Å². The van der Waals surface area contributed by atoms with Crippen molar-refractivity contribution in [1.82, 2.24) is 0 Å². The fraction of sp³-hybridized carbons (Fsp3) is 0.417. The van der Waals surface area contributed by atoms with E-state index in [2.05, 4.69) is 24.3 Å². The molecule has 5 rings (SSSR count). The summed E-state index contributed by atoms with van der Waals surface area (Å²) in [6, 6.07) is 14.6. The van der Waals surface area contributed by atoms with E-state index < -0.39 is 5.97 Å². The Morgan fingerprint density at radius 1 is 1.28 bits per heavy atom. The molecular weight excluding hydrogens is 366 g/mol. The van der Waals surface area contributed by atoms with Crippen molar-refractivity contribution < 1.29 is 19.4 Å². The fourth-order valence-corrected chi connectivity index (χ4v) is 5.03. The molecule has 2 atom stereocenters. The quantitative estimate of drug-likeness (QED) is 0.805. The van der Waals surface area contributed by atoms with E-state index in [-0.39, 0.29) is 23.9 Å². The van der Waals surface area contributed by atoms with Gasteiger partial charge in [0.25, 0.3) is 0 Å². The van der Waals surface area contributed by atoms with Crippen molar-refractivity contribution in [2.45, 2.75) is 56.0 Å². The molecule has 2 aromatic carbocycles. The number of nitriles is 1. The van der Waals surface area contributed by atoms with Crippen LogP contribution in [-0.2, 0) is 16.6 Å². The number of nitrogens with zero attached hydrogens (tertiary/aromatic N) is 1. The monoisotopic (exact) mass is 389 g/mol. The molecule has 1 fully saturated rings. The van der Waals surface area contributed by atoms with Gasteiger partial charge in [-0.2, -0.15) is 5.26 Å². The van der Waals surface area contributed by atoms with Gasteiger partial charge in [-0.1, -0.05) is 24.3 Å². The van der Waals surface area contributed by atoms with Gasteiger partial charge in [-0.25, -0.2) is 0 Å². The average Bonchev–Trinajstić information content (AvgIpc) is 3.26. The van der Waals surface area contributed by atoms with Crippen molar-refractivity contribution in [3.05, 3.63) is 58.7 Å². The second kappa shape index (κ2) is 6.81. The lowest BCUT2D eigenvalue weighted by Gasteiger charge is -2.37. The minimum atomic E-state index is -0.813. The van der Waals surface area contributed by atoms with E-state index in [0.29, 0.717) is 6.61 Å². The molecule has 2 aromatic rings. The zero-order valence-corrected chi connectivity index (χ0v) is 16.2. The van der Waals surface area contributed by atoms with Gasteiger partial charge in [-0.3, -0.25) is 4.79 Å². The number of hydrogen-bond acceptors (Lipinski definition) is 4. The van der Waals surface area contributed by atoms with Crippen LogP contribution in [0.15, 0.2) is 36.4 Å². The summed E-state index contributed by atoms with van der Waals surface area (Å²) in [7, 11) is 0. The number of fused-ring (bicyclic) bond motifs is 2. The highest BCUT2D eigenvalue weighted by Gasteiger charge is 2.42. The number of ether oxygens (including phenoxy) is 2. The highest BCUT2D eigenvalue weighted by molar-refractivity contribution is 5.68. The number of carbonyl (C=O) groups is 1. The van der Waals surface area contributed by atoms with Crippen molar-refractivity contribution in [2.75, 3.05) is 6.61 Å². The molecule has 0 bridgehead atoms. The van der Waals surface area contributed by atoms with E-state index in [4.69, 9.17) is 14.6 Å². The molecule has 0 aromatic heterocycles. The lowest BCUT2D eigenvalue weighted by atomic mass is 9.64. The van der Waals surface area contributed by atoms with Crippen LogP contribution in [0.25, 0.3) is 0 Å². The summed E-state index contributed by atoms with van der Waals surface area (Å²) in [6.45, 7) is 0.400. The SMILES string of the molecule is N#CC1(c2cccc3c2CC[C@H]3Oc2ccc3c(c2)OC[C@H]3CC(=O)O)CCC1. The van der Waals surface area contributed by atoms with Gasteiger partial charge in [0.05, 0.1) is 24.5 Å². The van der Waals surface area contributed by atoms with Gasteiger partial charge in [0, 0.05) is 17.5 Å². The topological polar surface area (TPSA) is 79.5 Å². The Labute approximate surface area is 169 Å². The Kier molecular flexibility index (Phi) is 4.24. The van der Waals surface area contributed by atoms with E-state index in [0.717, 1.165) is 49.2 Å². The first-order valence-corrected chi connectivity index (χ1v) is 10.3. The lowest BCUT2D eigenvalue weighted by molar-refractivity contribution is -0.137. The minimum Gasteiger partial charge on any atom is -0.492 e. The summed E-state index contributed by atoms with van der Waals surface area (Å²) in [5.41, 5.74) is 4.31. The standard InChI is InChI=1S/C24H23NO4/c25-14-24(9-2-10-24)20-4-1-3-19-18(20)7-8-21(19)29-16-5-6-17-15(11-23(26)27)13-28-22(17)12-16/h1,3-6,12,15,21H,2,7-11,13H2,(H,26,27)/t15-,21-/m1/s1. The summed E-state index contributed by atoms with van der Waals surface area (Å²) >= 11 is 0. The number of carboxylic acid groups (broad SMARTS) is 1. The maximum Gasteiger partial charge on any atom is 0.304 e. The minimum absolute atomic E-state index is 0.0324. The summed E-state index contributed by atoms with van der Waals surface area (Å²) in [4.78, 5) is 11.0. The van der Waals surface area contributed by atoms with Gasteiger partial charge >= 0.3 is 5.97 Å². The van der Waals surface area contributed by atoms with Crippen LogP contribution in [0, 0.1) is 11.3 Å². The molecule has 1 aliphatic heterocycles. The maximum atomic E-state index is 11.0. The molecule has 0 radical (unpaired) electrons. The smallest absolute Gasteiger partial charge is 0.304 e. The Morgan fingerprint density at radius 3 is 2.86 bits per heavy atom. The van der Waals surface area contributed by atoms with Gasteiger partial charge in [-0.15, -0.1) is 0 Å². The molecule has 148 valence electrons. The first-order valence-electron chi connectivity index (χ1n) is 10.3. The van der Waals surface area contributed by atoms with E-state index >= 15 is 0 Å². The van der Waals surface area contributed by atoms with Crippen LogP contribution in [0.4, 0.5) is 0 Å². The Hall–Kier alpha value is -3.00. The third-order valence-electron chi connectivity index (χ3n) is 6.72. The first kappa shape index (κ1) is 18.1. The van der Waals surface area contributed by atoms with Crippen molar-refractivity contribution in [3.8, 4) is 17.6 Å². The van der Waals surface area contributed by atoms with Crippen LogP contribution in [0.5, 0.6) is 11.5 Å². The van der Waals surface area contributed by atoms with Crippen LogP contribution >= 0.6 is 0 Å². The number of hydrogen-bond donors (Lipinski definition) is 1. The fourth-order valence-electron chi connectivity index (χ4n) is 5.03. The molecule has 2 aliphatic carbocycles. The van der Waals surface area contributed by atoms with Crippen molar-refractivity contribution >= 4 is 5.97 Å². The molecule has 5 heteroatoms. The molecule has 1 N–H and O–H groups in total. The maximum absolute atomic E-state index is 11.0. The summed E-state index contributed by atoms with van der Waals surface area (Å²) in [6.07, 6.45) is 4.89. The van der Waals surface area contributed by atoms with Gasteiger partial charge in [0.15, 0.2) is 0 Å². The predicted molar refractivity (Wildman–Crippen MR) is 106 cm³/mol. The summed E-state index contributed by atoms with van der Waals surface area (Å²) in [5, 5.41) is 18.8. The van der Waals surface area contributed by atoms with Crippen molar-refractivity contribution in [3.63, 3.8) is 0 Å². The Balaban J connectivity index is 1.38. The summed E-state index contributed by atoms with van der Waals surface area (Å²) < 4.78 is 12.0. The molecule has 3 aliphatic rings. The molecule has 1 heterocycles. The number of carboxylic acids is 1. The van der Waals surface area contributed by atoms with Gasteiger partial charge in [0.2, 0.25) is 0 Å². The molecule has 5 nitrogen and oxygen atoms in total. The van der Waals surface area contributed by atoms with Crippen LogP contribution in [0.2, 0.25) is 0 Å². The highest BCUT2D eigenvalue weighted by atomic mass is 16.5. The van der Waals surface area contributed by atoms with Crippen LogP contribution in [-0.4, -0.2) is 17.7 Å². The number of rotatable bonds is 5. The molecule has 0 saturated heterocycles. The average molecular weight is 389 g/mol. The van der Waals surface area contributed by atoms with Crippen molar-refractivity contribution in [1.29, 1.82) is 5.26 Å². The predicted octanol–water partition coefficient (Wildman–Crippen LogP) is 4.65. The largest absolute Gasteiger partial charge is 0.492 e. The zero-order chi connectivity index (χ0) is 20.0. The molecule has 0 unspecified atom stereocenters. The number of aliphatic carboxylic acids is 1. The lowest BCUT2D eigenvalue weighted by Crippen LogP contribution is -2.33. The summed E-state index contributed by atoms with van der Waals surface area (Å²) in [5.74, 6) is 0.544. The first-order chi connectivity index (χ1) is 14.1. The van der Waals surface area contributed by atoms with E-state index in [1.54, 1.807) is 0 Å². The second-order valence-electron chi connectivity index (χ2n) is 8.37. The van der Waals surface area contributed by atoms with Gasteiger partial charge in [-0.05, 0) is 54.9 Å². The Bertz CT molecular complexity index is 1020. The highest BCUT2D eigenvalue weighted by Crippen LogP contribution is 2.48. The van der Waals surface area contributed by atoms with E-state index in [1.165, 1.54) is 16.7 Å². The van der Waals surface area contributed by atoms with Gasteiger partial charge < -0.3 is 14.6 Å². The number of benzene rings is 2. The van der Waals surface area contributed by atoms with Crippen LogP contribution in [0.3, 0.4) is 0 Å². The third kappa shape index (κ3) is 2.95. The zero-order valence-electron chi connectivity index (χ0n) is 16.2. The Morgan fingerprint density at radius 2 is 2.14 bits per heavy atom. The van der Waals surface area contributed by atoms with E-state index in [1.807, 2.05) is 18.2 Å². The van der Waals surface area contributed by atoms with Crippen LogP contribution < -0.4 is 9.47 Å². The molecule has 0 spiro atoms. The van der Waals surface area contributed by atoms with E-state index in [9.17, 15) is 10.1 Å². The van der Waals surface area contributed by atoms with Gasteiger partial charge in [0.1, 0.15) is 17.6 Å². The molecule has 1 saturated carbocycles.